The molecule has 2 aromatic carbocycles. The molecule has 0 aliphatic rings. The van der Waals surface area contributed by atoms with Gasteiger partial charge in [-0.25, -0.2) is 0 Å². The fourth-order valence-electron chi connectivity index (χ4n) is 2.70. The lowest BCUT2D eigenvalue weighted by molar-refractivity contribution is 0.324. The molecule has 0 aliphatic heterocycles. The van der Waals surface area contributed by atoms with Gasteiger partial charge in [0.1, 0.15) is 0 Å². The van der Waals surface area contributed by atoms with Crippen LogP contribution < -0.4 is 19.9 Å². The second-order valence-corrected chi connectivity index (χ2v) is 5.72. The minimum atomic E-state index is 0.395. The van der Waals surface area contributed by atoms with Crippen molar-refractivity contribution < 1.29 is 14.2 Å². The van der Waals surface area contributed by atoms with Crippen molar-refractivity contribution in [3.63, 3.8) is 0 Å². The number of ether oxygens (including phenoxy) is 3. The van der Waals surface area contributed by atoms with Gasteiger partial charge in [-0.3, -0.25) is 5.10 Å². The molecule has 6 nitrogen and oxygen atoms in total. The molecule has 0 bridgehead atoms. The summed E-state index contributed by atoms with van der Waals surface area (Å²) in [5, 5.41) is 7.79. The first-order valence-corrected chi connectivity index (χ1v) is 7.87. The summed E-state index contributed by atoms with van der Waals surface area (Å²) in [5.74, 6) is 2.01. The summed E-state index contributed by atoms with van der Waals surface area (Å²) in [4.78, 5) is 0. The molecule has 1 aromatic heterocycles. The number of H-pyrrole nitrogens is 1. The van der Waals surface area contributed by atoms with E-state index in [0.717, 1.165) is 22.4 Å². The molecule has 3 N–H and O–H groups in total. The molecule has 130 valence electrons. The van der Waals surface area contributed by atoms with E-state index in [4.69, 9.17) is 31.5 Å². The molecule has 7 heteroatoms. The number of rotatable bonds is 5. The molecule has 0 amide bonds. The number of hydrogen-bond acceptors (Lipinski definition) is 5. The molecule has 0 unspecified atom stereocenters. The number of nitrogens with zero attached hydrogens (tertiary/aromatic N) is 1. The topological polar surface area (TPSA) is 82.4 Å². The second kappa shape index (κ2) is 6.94. The van der Waals surface area contributed by atoms with Crippen molar-refractivity contribution in [1.29, 1.82) is 0 Å². The van der Waals surface area contributed by atoms with Crippen LogP contribution in [0.2, 0.25) is 5.02 Å². The predicted octanol–water partition coefficient (Wildman–Crippen LogP) is 4.01. The van der Waals surface area contributed by atoms with Crippen LogP contribution in [0.1, 0.15) is 0 Å². The molecule has 0 atom stereocenters. The fraction of sp³-hybridized carbons (Fsp3) is 0.167. The average molecular weight is 360 g/mol. The maximum absolute atomic E-state index is 6.08. The molecular weight excluding hydrogens is 342 g/mol. The van der Waals surface area contributed by atoms with E-state index in [2.05, 4.69) is 10.2 Å². The summed E-state index contributed by atoms with van der Waals surface area (Å²) >= 11 is 5.98. The van der Waals surface area contributed by atoms with E-state index in [0.29, 0.717) is 28.1 Å². The highest BCUT2D eigenvalue weighted by molar-refractivity contribution is 6.30. The number of aromatic nitrogens is 2. The lowest BCUT2D eigenvalue weighted by atomic mass is 10.0. The van der Waals surface area contributed by atoms with Gasteiger partial charge in [-0.05, 0) is 29.8 Å². The largest absolute Gasteiger partial charge is 0.493 e. The quantitative estimate of drug-likeness (QED) is 0.719. The Bertz CT molecular complexity index is 866. The highest BCUT2D eigenvalue weighted by atomic mass is 35.5. The zero-order chi connectivity index (χ0) is 18.0. The van der Waals surface area contributed by atoms with E-state index in [1.54, 1.807) is 21.3 Å². The molecule has 25 heavy (non-hydrogen) atoms. The maximum atomic E-state index is 6.08. The lowest BCUT2D eigenvalue weighted by Crippen LogP contribution is -1.96. The number of aromatic amines is 1. The Morgan fingerprint density at radius 3 is 2.04 bits per heavy atom. The molecule has 1 heterocycles. The number of nitrogens with one attached hydrogen (secondary N) is 1. The van der Waals surface area contributed by atoms with Crippen molar-refractivity contribution in [2.75, 3.05) is 27.1 Å². The van der Waals surface area contributed by atoms with Crippen LogP contribution in [0.25, 0.3) is 22.4 Å². The SMILES string of the molecule is COc1cc(-c2[nH]nc(N)c2-c2ccc(Cl)cc2)cc(OC)c1OC. The van der Waals surface area contributed by atoms with Crippen LogP contribution in [0.4, 0.5) is 5.82 Å². The van der Waals surface area contributed by atoms with Gasteiger partial charge in [-0.15, -0.1) is 0 Å². The Morgan fingerprint density at radius 1 is 0.920 bits per heavy atom. The fourth-order valence-corrected chi connectivity index (χ4v) is 2.83. The van der Waals surface area contributed by atoms with Crippen molar-refractivity contribution in [2.24, 2.45) is 0 Å². The summed E-state index contributed by atoms with van der Waals surface area (Å²) in [6.45, 7) is 0. The van der Waals surface area contributed by atoms with Crippen LogP contribution >= 0.6 is 11.6 Å². The standard InChI is InChI=1S/C18H18ClN3O3/c1-23-13-8-11(9-14(24-2)17(13)25-3)16-15(18(20)22-21-16)10-4-6-12(19)7-5-10/h4-9H,1-3H3,(H3,20,21,22). The summed E-state index contributed by atoms with van der Waals surface area (Å²) in [6, 6.07) is 11.1. The zero-order valence-electron chi connectivity index (χ0n) is 14.1. The average Bonchev–Trinajstić information content (AvgIpc) is 3.02. The molecule has 0 spiro atoms. The number of nitrogens with two attached hydrogens (primary N) is 1. The molecule has 3 rings (SSSR count). The third-order valence-electron chi connectivity index (χ3n) is 3.88. The van der Waals surface area contributed by atoms with Crippen LogP contribution in [0.15, 0.2) is 36.4 Å². The molecule has 0 saturated heterocycles. The highest BCUT2D eigenvalue weighted by Gasteiger charge is 2.19. The zero-order valence-corrected chi connectivity index (χ0v) is 14.8. The molecular formula is C18H18ClN3O3. The van der Waals surface area contributed by atoms with Crippen LogP contribution in [0.3, 0.4) is 0 Å². The number of benzene rings is 2. The van der Waals surface area contributed by atoms with Crippen LogP contribution in [0.5, 0.6) is 17.2 Å². The maximum Gasteiger partial charge on any atom is 0.203 e. The Hall–Kier alpha value is -2.86. The number of hydrogen-bond donors (Lipinski definition) is 2. The summed E-state index contributed by atoms with van der Waals surface area (Å²) in [6.07, 6.45) is 0. The first kappa shape index (κ1) is 17.0. The molecule has 0 saturated carbocycles. The van der Waals surface area contributed by atoms with Crippen molar-refractivity contribution in [3.05, 3.63) is 41.4 Å². The molecule has 3 aromatic rings. The van der Waals surface area contributed by atoms with Crippen molar-refractivity contribution >= 4 is 17.4 Å². The number of nitrogen functional groups attached to an aromatic ring is 1. The molecule has 0 radical (unpaired) electrons. The van der Waals surface area contributed by atoms with E-state index < -0.39 is 0 Å². The van der Waals surface area contributed by atoms with Crippen LogP contribution in [-0.4, -0.2) is 31.5 Å². The van der Waals surface area contributed by atoms with E-state index in [9.17, 15) is 0 Å². The van der Waals surface area contributed by atoms with E-state index in [1.165, 1.54) is 0 Å². The summed E-state index contributed by atoms with van der Waals surface area (Å²) < 4.78 is 16.2. The van der Waals surface area contributed by atoms with Crippen molar-refractivity contribution in [1.82, 2.24) is 10.2 Å². The number of anilines is 1. The van der Waals surface area contributed by atoms with Gasteiger partial charge in [0, 0.05) is 10.6 Å². The van der Waals surface area contributed by atoms with E-state index in [1.807, 2.05) is 36.4 Å². The lowest BCUT2D eigenvalue weighted by Gasteiger charge is -2.14. The Kier molecular flexibility index (Phi) is 4.72. The third-order valence-corrected chi connectivity index (χ3v) is 4.13. The summed E-state index contributed by atoms with van der Waals surface area (Å²) in [7, 11) is 4.71. The van der Waals surface area contributed by atoms with E-state index in [-0.39, 0.29) is 0 Å². The van der Waals surface area contributed by atoms with Gasteiger partial charge in [0.2, 0.25) is 5.75 Å². The van der Waals surface area contributed by atoms with Gasteiger partial charge in [0.15, 0.2) is 17.3 Å². The third kappa shape index (κ3) is 3.08. The van der Waals surface area contributed by atoms with Gasteiger partial charge in [0.25, 0.3) is 0 Å². The first-order chi connectivity index (χ1) is 12.1. The van der Waals surface area contributed by atoms with Gasteiger partial charge >= 0.3 is 0 Å². The van der Waals surface area contributed by atoms with E-state index >= 15 is 0 Å². The number of halogens is 1. The first-order valence-electron chi connectivity index (χ1n) is 7.49. The highest BCUT2D eigenvalue weighted by Crippen LogP contribution is 2.43. The Labute approximate surface area is 150 Å². The molecule has 0 fully saturated rings. The Morgan fingerprint density at radius 2 is 1.52 bits per heavy atom. The molecule has 0 aliphatic carbocycles. The van der Waals surface area contributed by atoms with Crippen molar-refractivity contribution in [2.45, 2.75) is 0 Å². The normalized spacial score (nSPS) is 10.6. The number of methoxy groups -OCH3 is 3. The smallest absolute Gasteiger partial charge is 0.203 e. The van der Waals surface area contributed by atoms with Crippen LogP contribution in [0, 0.1) is 0 Å². The van der Waals surface area contributed by atoms with Gasteiger partial charge < -0.3 is 19.9 Å². The van der Waals surface area contributed by atoms with Crippen molar-refractivity contribution in [3.8, 4) is 39.6 Å². The summed E-state index contributed by atoms with van der Waals surface area (Å²) in [5.41, 5.74) is 9.33. The monoisotopic (exact) mass is 359 g/mol. The van der Waals surface area contributed by atoms with Gasteiger partial charge in [-0.1, -0.05) is 23.7 Å². The van der Waals surface area contributed by atoms with Gasteiger partial charge in [0.05, 0.1) is 32.6 Å². The van der Waals surface area contributed by atoms with Crippen LogP contribution in [-0.2, 0) is 0 Å². The predicted molar refractivity (Wildman–Crippen MR) is 98.5 cm³/mol. The minimum Gasteiger partial charge on any atom is -0.493 e. The van der Waals surface area contributed by atoms with Gasteiger partial charge in [-0.2, -0.15) is 5.10 Å². The second-order valence-electron chi connectivity index (χ2n) is 5.28. The minimum absolute atomic E-state index is 0.395. The Balaban J connectivity index is 2.19.